The van der Waals surface area contributed by atoms with Gasteiger partial charge in [-0.05, 0) is 34.9 Å². The maximum atomic E-state index is 6.57. The molecule has 0 fully saturated rings. The molecule has 2 aliphatic rings. The van der Waals surface area contributed by atoms with Crippen LogP contribution in [0.15, 0.2) is 115 Å². The Morgan fingerprint density at radius 1 is 0.605 bits per heavy atom. The Labute approximate surface area is 251 Å². The summed E-state index contributed by atoms with van der Waals surface area (Å²) in [4.78, 5) is 0. The Kier molecular flexibility index (Phi) is 7.49. The smallest absolute Gasteiger partial charge is 0.204 e. The van der Waals surface area contributed by atoms with E-state index >= 15 is 0 Å². The summed E-state index contributed by atoms with van der Waals surface area (Å²) in [6, 6.07) is 38.2. The SMILES string of the molecule is COc1cc2c(cc1OCc1ccccc1)[C@H]1COc3c(ccc(OCc4ccccc4)c3OCc3ccccc3)[C@H]1O2. The van der Waals surface area contributed by atoms with Crippen LogP contribution in [0.3, 0.4) is 0 Å². The highest BCUT2D eigenvalue weighted by Gasteiger charge is 2.43. The van der Waals surface area contributed by atoms with E-state index in [1.54, 1.807) is 7.11 Å². The van der Waals surface area contributed by atoms with Crippen molar-refractivity contribution < 1.29 is 28.4 Å². The molecule has 0 spiro atoms. The van der Waals surface area contributed by atoms with Gasteiger partial charge in [0, 0.05) is 17.2 Å². The van der Waals surface area contributed by atoms with Crippen LogP contribution in [-0.2, 0) is 19.8 Å². The summed E-state index contributed by atoms with van der Waals surface area (Å²) in [5.41, 5.74) is 5.18. The Bertz CT molecular complexity index is 1690. The molecule has 216 valence electrons. The van der Waals surface area contributed by atoms with E-state index in [0.29, 0.717) is 55.2 Å². The van der Waals surface area contributed by atoms with Crippen molar-refractivity contribution in [2.24, 2.45) is 0 Å². The van der Waals surface area contributed by atoms with E-state index in [2.05, 4.69) is 0 Å². The number of hydrogen-bond acceptors (Lipinski definition) is 6. The van der Waals surface area contributed by atoms with Crippen LogP contribution in [0.25, 0.3) is 0 Å². The summed E-state index contributed by atoms with van der Waals surface area (Å²) in [7, 11) is 1.64. The lowest BCUT2D eigenvalue weighted by Gasteiger charge is -2.30. The monoisotopic (exact) mass is 572 g/mol. The quantitative estimate of drug-likeness (QED) is 0.169. The highest BCUT2D eigenvalue weighted by Crippen LogP contribution is 2.56. The molecule has 0 amide bonds. The van der Waals surface area contributed by atoms with Crippen LogP contribution < -0.4 is 28.4 Å². The first kappa shape index (κ1) is 26.8. The van der Waals surface area contributed by atoms with Crippen LogP contribution in [0.5, 0.6) is 34.5 Å². The third kappa shape index (κ3) is 5.56. The molecule has 2 heterocycles. The Morgan fingerprint density at radius 3 is 1.79 bits per heavy atom. The van der Waals surface area contributed by atoms with Crippen LogP contribution in [0.4, 0.5) is 0 Å². The Hall–Kier alpha value is -5.10. The van der Waals surface area contributed by atoms with Crippen LogP contribution in [0, 0.1) is 0 Å². The first-order valence-electron chi connectivity index (χ1n) is 14.5. The van der Waals surface area contributed by atoms with Crippen LogP contribution >= 0.6 is 0 Å². The molecule has 0 aliphatic carbocycles. The van der Waals surface area contributed by atoms with Crippen molar-refractivity contribution in [1.82, 2.24) is 0 Å². The minimum atomic E-state index is -0.241. The van der Waals surface area contributed by atoms with Gasteiger partial charge in [0.1, 0.15) is 31.7 Å². The Balaban J connectivity index is 1.18. The van der Waals surface area contributed by atoms with Crippen molar-refractivity contribution in [3.8, 4) is 34.5 Å². The van der Waals surface area contributed by atoms with E-state index in [0.717, 1.165) is 33.6 Å². The van der Waals surface area contributed by atoms with Crippen LogP contribution in [0.1, 0.15) is 39.8 Å². The average Bonchev–Trinajstić information content (AvgIpc) is 3.44. The van der Waals surface area contributed by atoms with E-state index in [-0.39, 0.29) is 12.0 Å². The summed E-state index contributed by atoms with van der Waals surface area (Å²) in [6.07, 6.45) is -0.241. The molecule has 2 atom stereocenters. The minimum absolute atomic E-state index is 0.00876. The number of methoxy groups -OCH3 is 1. The summed E-state index contributed by atoms with van der Waals surface area (Å²) < 4.78 is 37.6. The second kappa shape index (κ2) is 12.0. The largest absolute Gasteiger partial charge is 0.493 e. The van der Waals surface area contributed by atoms with Crippen LogP contribution in [0.2, 0.25) is 0 Å². The van der Waals surface area contributed by atoms with Gasteiger partial charge in [-0.2, -0.15) is 0 Å². The van der Waals surface area contributed by atoms with Gasteiger partial charge in [-0.3, -0.25) is 0 Å². The van der Waals surface area contributed by atoms with Crippen molar-refractivity contribution >= 4 is 0 Å². The minimum Gasteiger partial charge on any atom is -0.493 e. The maximum absolute atomic E-state index is 6.57. The van der Waals surface area contributed by atoms with Gasteiger partial charge in [-0.15, -0.1) is 0 Å². The van der Waals surface area contributed by atoms with Crippen molar-refractivity contribution in [2.75, 3.05) is 13.7 Å². The molecule has 5 aromatic rings. The molecular formula is C37H32O6. The fourth-order valence-corrected chi connectivity index (χ4v) is 5.62. The average molecular weight is 573 g/mol. The summed E-state index contributed by atoms with van der Waals surface area (Å²) >= 11 is 0. The highest BCUT2D eigenvalue weighted by molar-refractivity contribution is 5.61. The zero-order valence-electron chi connectivity index (χ0n) is 23.9. The maximum Gasteiger partial charge on any atom is 0.204 e. The molecular weight excluding hydrogens is 540 g/mol. The molecule has 0 bridgehead atoms. The molecule has 5 aromatic carbocycles. The van der Waals surface area contributed by atoms with Crippen molar-refractivity contribution in [3.05, 3.63) is 143 Å². The molecule has 0 unspecified atom stereocenters. The number of fused-ring (bicyclic) bond motifs is 5. The topological polar surface area (TPSA) is 55.4 Å². The molecule has 6 heteroatoms. The predicted octanol–water partition coefficient (Wildman–Crippen LogP) is 8.04. The van der Waals surface area contributed by atoms with Gasteiger partial charge in [0.05, 0.1) is 19.6 Å². The lowest BCUT2D eigenvalue weighted by molar-refractivity contribution is 0.132. The summed E-state index contributed by atoms with van der Waals surface area (Å²) in [5.74, 6) is 3.94. The Morgan fingerprint density at radius 2 is 1.19 bits per heavy atom. The molecule has 2 aliphatic heterocycles. The van der Waals surface area contributed by atoms with E-state index in [4.69, 9.17) is 28.4 Å². The van der Waals surface area contributed by atoms with Crippen molar-refractivity contribution in [1.29, 1.82) is 0 Å². The number of hydrogen-bond donors (Lipinski definition) is 0. The first-order valence-corrected chi connectivity index (χ1v) is 14.5. The van der Waals surface area contributed by atoms with Gasteiger partial charge in [0.15, 0.2) is 23.0 Å². The van der Waals surface area contributed by atoms with Gasteiger partial charge in [0.2, 0.25) is 5.75 Å². The zero-order valence-corrected chi connectivity index (χ0v) is 23.9. The number of benzene rings is 5. The first-order chi connectivity index (χ1) is 21.3. The summed E-state index contributed by atoms with van der Waals surface area (Å²) in [6.45, 7) is 1.68. The molecule has 0 saturated carbocycles. The zero-order chi connectivity index (χ0) is 29.0. The van der Waals surface area contributed by atoms with E-state index < -0.39 is 0 Å². The summed E-state index contributed by atoms with van der Waals surface area (Å²) in [5, 5.41) is 0. The number of ether oxygens (including phenoxy) is 6. The second-order valence-electron chi connectivity index (χ2n) is 10.6. The standard InChI is InChI=1S/C37H32O6/c1-38-33-20-32-29(19-34(33)40-22-26-13-7-3-8-14-26)30-24-42-36-28(35(30)43-32)17-18-31(39-21-25-11-5-2-6-12-25)37(36)41-23-27-15-9-4-10-16-27/h2-20,30,35H,21-24H2,1H3/t30-,35-/m1/s1. The van der Waals surface area contributed by atoms with E-state index in [9.17, 15) is 0 Å². The van der Waals surface area contributed by atoms with E-state index in [1.807, 2.05) is 115 Å². The second-order valence-corrected chi connectivity index (χ2v) is 10.6. The molecule has 0 radical (unpaired) electrons. The molecule has 6 nitrogen and oxygen atoms in total. The fourth-order valence-electron chi connectivity index (χ4n) is 5.62. The van der Waals surface area contributed by atoms with Gasteiger partial charge in [-0.25, -0.2) is 0 Å². The van der Waals surface area contributed by atoms with Crippen LogP contribution in [-0.4, -0.2) is 13.7 Å². The highest BCUT2D eigenvalue weighted by atomic mass is 16.6. The molecule has 43 heavy (non-hydrogen) atoms. The normalized spacial score (nSPS) is 16.1. The molecule has 7 rings (SSSR count). The lowest BCUT2D eigenvalue weighted by atomic mass is 9.89. The molecule has 0 saturated heterocycles. The van der Waals surface area contributed by atoms with E-state index in [1.165, 1.54) is 0 Å². The lowest BCUT2D eigenvalue weighted by Crippen LogP contribution is -2.24. The predicted molar refractivity (Wildman–Crippen MR) is 163 cm³/mol. The fraction of sp³-hybridized carbons (Fsp3) is 0.189. The van der Waals surface area contributed by atoms with Crippen molar-refractivity contribution in [2.45, 2.75) is 31.8 Å². The van der Waals surface area contributed by atoms with Gasteiger partial charge in [-0.1, -0.05) is 91.0 Å². The molecule has 0 N–H and O–H groups in total. The van der Waals surface area contributed by atoms with Crippen molar-refractivity contribution in [3.63, 3.8) is 0 Å². The van der Waals surface area contributed by atoms with Gasteiger partial charge in [0.25, 0.3) is 0 Å². The third-order valence-corrected chi connectivity index (χ3v) is 7.84. The van der Waals surface area contributed by atoms with Gasteiger partial charge >= 0.3 is 0 Å². The van der Waals surface area contributed by atoms with Gasteiger partial charge < -0.3 is 28.4 Å². The third-order valence-electron chi connectivity index (χ3n) is 7.84. The number of rotatable bonds is 10. The molecule has 0 aromatic heterocycles.